The molecule has 0 radical (unpaired) electrons. The van der Waals surface area contributed by atoms with Crippen molar-refractivity contribution in [2.75, 3.05) is 23.7 Å². The molecule has 0 aliphatic carbocycles. The van der Waals surface area contributed by atoms with Crippen molar-refractivity contribution in [3.63, 3.8) is 0 Å². The molecule has 1 atom stereocenters. The summed E-state index contributed by atoms with van der Waals surface area (Å²) >= 11 is 0. The number of hydrogen-bond donors (Lipinski definition) is 4. The summed E-state index contributed by atoms with van der Waals surface area (Å²) < 4.78 is 6.59. The number of nitriles is 1. The Balaban J connectivity index is 1.52. The number of nitrogens with one attached hydrogen (secondary N) is 2. The maximum Gasteiger partial charge on any atom is 0.241 e. The number of aromatic nitrogens is 4. The molecular weight excluding hydrogens is 474 g/mol. The fourth-order valence-corrected chi connectivity index (χ4v) is 3.84. The van der Waals surface area contributed by atoms with E-state index in [1.54, 1.807) is 28.8 Å². The molecule has 2 aromatic heterocycles. The molecule has 0 aliphatic rings. The van der Waals surface area contributed by atoms with E-state index in [4.69, 9.17) is 21.4 Å². The molecule has 0 aliphatic heterocycles. The number of nitrogens with zero attached hydrogens (tertiary/aromatic N) is 5. The summed E-state index contributed by atoms with van der Waals surface area (Å²) in [5, 5.41) is 22.2. The fourth-order valence-electron chi connectivity index (χ4n) is 3.84. The number of hydrogen-bond acceptors (Lipinski definition) is 10. The molecule has 12 nitrogen and oxygen atoms in total. The Hall–Kier alpha value is -4.60. The highest BCUT2D eigenvalue weighted by molar-refractivity contribution is 5.99. The first-order valence-electron chi connectivity index (χ1n) is 11.8. The number of carbonyl (C=O) groups is 2. The zero-order chi connectivity index (χ0) is 26.2. The van der Waals surface area contributed by atoms with Crippen LogP contribution in [0.5, 0.6) is 0 Å². The van der Waals surface area contributed by atoms with Crippen LogP contribution in [0.25, 0.3) is 22.6 Å². The quantitative estimate of drug-likeness (QED) is 0.127. The van der Waals surface area contributed by atoms with Gasteiger partial charge in [-0.3, -0.25) is 9.59 Å². The highest BCUT2D eigenvalue weighted by Gasteiger charge is 2.22. The molecule has 0 spiro atoms. The Morgan fingerprint density at radius 1 is 1.11 bits per heavy atom. The summed E-state index contributed by atoms with van der Waals surface area (Å²) in [5.41, 5.74) is 14.1. The van der Waals surface area contributed by atoms with Crippen LogP contribution in [0.4, 0.5) is 11.5 Å². The van der Waals surface area contributed by atoms with Crippen LogP contribution in [0.2, 0.25) is 0 Å². The Morgan fingerprint density at radius 2 is 1.89 bits per heavy atom. The van der Waals surface area contributed by atoms with Crippen LogP contribution in [-0.4, -0.2) is 50.7 Å². The number of anilines is 2. The predicted molar refractivity (Wildman–Crippen MR) is 137 cm³/mol. The standard InChI is InChI=1S/C25H27N9O3/c26-12-4-3-5-18(28)25(36)30-17-10-8-16(9-11-17)21(35)15-34-20-7-2-1-6-19(20)31-24(34)22-23(29-14-13-27)33-37-32-22/h1-2,6-11,18H,3-5,12,14-15,26,28H2,(H,29,33)(H,30,36)/t18-/m0/s1. The minimum absolute atomic E-state index is 0.00185. The molecule has 0 saturated heterocycles. The third-order valence-electron chi connectivity index (χ3n) is 5.77. The smallest absolute Gasteiger partial charge is 0.241 e. The van der Waals surface area contributed by atoms with Gasteiger partial charge in [-0.25, -0.2) is 9.61 Å². The van der Waals surface area contributed by atoms with Gasteiger partial charge >= 0.3 is 0 Å². The first kappa shape index (κ1) is 25.5. The van der Waals surface area contributed by atoms with Gasteiger partial charge in [0.05, 0.1) is 29.7 Å². The molecule has 0 bridgehead atoms. The summed E-state index contributed by atoms with van der Waals surface area (Å²) in [7, 11) is 0. The number of ketones is 1. The average molecular weight is 502 g/mol. The Morgan fingerprint density at radius 3 is 2.65 bits per heavy atom. The van der Waals surface area contributed by atoms with Gasteiger partial charge in [0.25, 0.3) is 0 Å². The second-order valence-corrected chi connectivity index (χ2v) is 8.36. The first-order chi connectivity index (χ1) is 18.0. The van der Waals surface area contributed by atoms with E-state index in [-0.39, 0.29) is 30.6 Å². The topological polar surface area (TPSA) is 191 Å². The number of unbranched alkanes of at least 4 members (excludes halogenated alkanes) is 1. The molecule has 12 heteroatoms. The van der Waals surface area contributed by atoms with Crippen LogP contribution >= 0.6 is 0 Å². The highest BCUT2D eigenvalue weighted by atomic mass is 16.6. The van der Waals surface area contributed by atoms with Crippen LogP contribution in [-0.2, 0) is 11.3 Å². The van der Waals surface area contributed by atoms with Gasteiger partial charge in [0.15, 0.2) is 17.3 Å². The lowest BCUT2D eigenvalue weighted by atomic mass is 10.1. The summed E-state index contributed by atoms with van der Waals surface area (Å²) in [6, 6.07) is 15.3. The Labute approximate surface area is 212 Å². The van der Waals surface area contributed by atoms with E-state index in [9.17, 15) is 9.59 Å². The van der Waals surface area contributed by atoms with E-state index < -0.39 is 6.04 Å². The third kappa shape index (κ3) is 5.97. The van der Waals surface area contributed by atoms with Crippen LogP contribution in [0.1, 0.15) is 29.6 Å². The van der Waals surface area contributed by atoms with Gasteiger partial charge in [-0.1, -0.05) is 18.6 Å². The summed E-state index contributed by atoms with van der Waals surface area (Å²) in [5.74, 6) is 0.173. The highest BCUT2D eigenvalue weighted by Crippen LogP contribution is 2.28. The Bertz CT molecular complexity index is 1420. The van der Waals surface area contributed by atoms with Crippen molar-refractivity contribution in [3.05, 3.63) is 54.1 Å². The lowest BCUT2D eigenvalue weighted by Crippen LogP contribution is -2.35. The van der Waals surface area contributed by atoms with Gasteiger partial charge in [0.2, 0.25) is 11.7 Å². The van der Waals surface area contributed by atoms with Gasteiger partial charge < -0.3 is 26.7 Å². The molecular formula is C25H27N9O3. The molecule has 0 fully saturated rings. The maximum atomic E-state index is 13.2. The molecule has 1 amide bonds. The summed E-state index contributed by atoms with van der Waals surface area (Å²) in [6.45, 7) is 0.537. The molecule has 37 heavy (non-hydrogen) atoms. The zero-order valence-electron chi connectivity index (χ0n) is 20.1. The van der Waals surface area contributed by atoms with E-state index in [0.717, 1.165) is 18.4 Å². The van der Waals surface area contributed by atoms with Gasteiger partial charge in [-0.05, 0) is 66.1 Å². The van der Waals surface area contributed by atoms with E-state index in [2.05, 4.69) is 25.9 Å². The van der Waals surface area contributed by atoms with E-state index in [0.29, 0.717) is 41.3 Å². The second kappa shape index (κ2) is 11.9. The van der Waals surface area contributed by atoms with Gasteiger partial charge in [0, 0.05) is 11.3 Å². The molecule has 4 aromatic rings. The SMILES string of the molecule is N#CCNc1nonc1-c1nc2ccccc2n1CC(=O)c1ccc(NC(=O)[C@@H](N)CCCCN)cc1. The monoisotopic (exact) mass is 501 g/mol. The second-order valence-electron chi connectivity index (χ2n) is 8.36. The van der Waals surface area contributed by atoms with E-state index in [1.807, 2.05) is 30.3 Å². The van der Waals surface area contributed by atoms with Crippen LogP contribution < -0.4 is 22.1 Å². The number of imidazole rings is 1. The van der Waals surface area contributed by atoms with Crippen LogP contribution in [0.15, 0.2) is 53.2 Å². The number of benzene rings is 2. The first-order valence-corrected chi connectivity index (χ1v) is 11.8. The van der Waals surface area contributed by atoms with E-state index >= 15 is 0 Å². The lowest BCUT2D eigenvalue weighted by molar-refractivity contribution is -0.117. The molecule has 0 unspecified atom stereocenters. The van der Waals surface area contributed by atoms with Gasteiger partial charge in [0.1, 0.15) is 6.54 Å². The van der Waals surface area contributed by atoms with Gasteiger partial charge in [-0.15, -0.1) is 0 Å². The predicted octanol–water partition coefficient (Wildman–Crippen LogP) is 2.30. The number of amides is 1. The van der Waals surface area contributed by atoms with Crippen LogP contribution in [0, 0.1) is 11.3 Å². The minimum atomic E-state index is -0.626. The largest absolute Gasteiger partial charge is 0.352 e. The summed E-state index contributed by atoms with van der Waals surface area (Å²) in [4.78, 5) is 30.2. The van der Waals surface area contributed by atoms with Crippen molar-refractivity contribution < 1.29 is 14.2 Å². The van der Waals surface area contributed by atoms with Crippen molar-refractivity contribution in [2.24, 2.45) is 11.5 Å². The van der Waals surface area contributed by atoms with Gasteiger partial charge in [-0.2, -0.15) is 5.26 Å². The number of carbonyl (C=O) groups excluding carboxylic acids is 2. The molecule has 4 rings (SSSR count). The number of Topliss-reactive ketones (excluding diaryl/α,β-unsaturated/α-hetero) is 1. The number of nitrogens with two attached hydrogens (primary N) is 2. The lowest BCUT2D eigenvalue weighted by Gasteiger charge is -2.12. The van der Waals surface area contributed by atoms with Crippen molar-refractivity contribution >= 4 is 34.2 Å². The minimum Gasteiger partial charge on any atom is -0.352 e. The van der Waals surface area contributed by atoms with Crippen molar-refractivity contribution in [1.29, 1.82) is 5.26 Å². The molecule has 0 saturated carbocycles. The third-order valence-corrected chi connectivity index (χ3v) is 5.77. The zero-order valence-corrected chi connectivity index (χ0v) is 20.1. The number of fused-ring (bicyclic) bond motifs is 1. The Kier molecular flexibility index (Phi) is 8.19. The van der Waals surface area contributed by atoms with Crippen molar-refractivity contribution in [2.45, 2.75) is 31.8 Å². The number of para-hydroxylation sites is 2. The average Bonchev–Trinajstić information content (AvgIpc) is 3.52. The van der Waals surface area contributed by atoms with E-state index in [1.165, 1.54) is 0 Å². The fraction of sp³-hybridized carbons (Fsp3) is 0.280. The maximum absolute atomic E-state index is 13.2. The van der Waals surface area contributed by atoms with Crippen molar-refractivity contribution in [3.8, 4) is 17.6 Å². The van der Waals surface area contributed by atoms with Crippen LogP contribution in [0.3, 0.4) is 0 Å². The number of rotatable bonds is 12. The molecule has 6 N–H and O–H groups in total. The normalized spacial score (nSPS) is 11.7. The summed E-state index contributed by atoms with van der Waals surface area (Å²) in [6.07, 6.45) is 2.15. The molecule has 190 valence electrons. The molecule has 2 heterocycles. The van der Waals surface area contributed by atoms with Crippen molar-refractivity contribution in [1.82, 2.24) is 19.9 Å². The molecule has 2 aromatic carbocycles.